The molecule has 0 aliphatic carbocycles. The lowest BCUT2D eigenvalue weighted by Crippen LogP contribution is -2.51. The fraction of sp³-hybridized carbons (Fsp3) is 0.362. The zero-order chi connectivity index (χ0) is 50.2. The van der Waals surface area contributed by atoms with Gasteiger partial charge in [0.15, 0.2) is 0 Å². The van der Waals surface area contributed by atoms with Crippen LogP contribution in [0.5, 0.6) is 0 Å². The van der Waals surface area contributed by atoms with Gasteiger partial charge in [0, 0.05) is 23.9 Å². The van der Waals surface area contributed by atoms with E-state index in [1.165, 1.54) is 31.4 Å². The highest BCUT2D eigenvalue weighted by molar-refractivity contribution is 7.86. The minimum atomic E-state index is -4.47. The minimum Gasteiger partial charge on any atom is -0.465 e. The summed E-state index contributed by atoms with van der Waals surface area (Å²) in [6.45, 7) is 8.58. The van der Waals surface area contributed by atoms with Crippen molar-refractivity contribution in [2.75, 3.05) is 20.2 Å². The molecule has 0 spiro atoms. The number of hydrogen-bond acceptors (Lipinski definition) is 11. The molecule has 7 rings (SSSR count). The molecule has 2 aromatic heterocycles. The van der Waals surface area contributed by atoms with E-state index in [9.17, 15) is 41.1 Å². The van der Waals surface area contributed by atoms with E-state index >= 15 is 0 Å². The zero-order valence-electron chi connectivity index (χ0n) is 38.6. The Labute approximate surface area is 399 Å². The number of fused-ring (bicyclic) bond motifs is 1. The van der Waals surface area contributed by atoms with Gasteiger partial charge >= 0.3 is 12.2 Å². The van der Waals surface area contributed by atoms with Crippen LogP contribution >= 0.6 is 0 Å². The van der Waals surface area contributed by atoms with Crippen molar-refractivity contribution in [3.8, 4) is 11.3 Å². The lowest BCUT2D eigenvalue weighted by Gasteiger charge is -2.29. The summed E-state index contributed by atoms with van der Waals surface area (Å²) >= 11 is 0. The minimum absolute atomic E-state index is 0.0233. The Bertz CT molecular complexity index is 2880. The van der Waals surface area contributed by atoms with Gasteiger partial charge in [-0.05, 0) is 66.9 Å². The van der Waals surface area contributed by atoms with E-state index in [0.29, 0.717) is 24.7 Å². The third kappa shape index (κ3) is 12.6. The number of nitrogens with zero attached hydrogens (tertiary/aromatic N) is 4. The Kier molecular flexibility index (Phi) is 16.5. The number of carbonyl (C=O) groups is 4. The molecule has 3 aromatic carbocycles. The molecule has 2 unspecified atom stereocenters. The summed E-state index contributed by atoms with van der Waals surface area (Å²) in [6, 6.07) is 13.6. The average Bonchev–Trinajstić information content (AvgIpc) is 4.15. The third-order valence-corrected chi connectivity index (χ3v) is 13.6. The molecule has 2 aliphatic rings. The fourth-order valence-corrected chi connectivity index (χ4v) is 9.81. The second-order valence-corrected chi connectivity index (χ2v) is 20.0. The number of ether oxygens (including phenoxy) is 1. The number of carboxylic acid groups (broad SMARTS) is 1. The van der Waals surface area contributed by atoms with Gasteiger partial charge in [0.05, 0.1) is 43.0 Å². The van der Waals surface area contributed by atoms with Crippen LogP contribution in [0.4, 0.5) is 9.59 Å². The standard InChI is InChI=1S/C37H48N8O6.C10H8O6S2/c1-22(2)30(42-36(48)49)34(46)45-19-9-13-29(45)33-39-21-27(41-33)25-16-14-24(15-17-25)10-6-7-11-26-20-38-32(40-26)28-12-8-18-44(28)35(47)31(23(3)4)43-37(50)51-5;11-17(12,13)9-5-1-3-7-8(9)4-2-6-10(7)18(14,15)16/h6-7,10-11,14-17,20-23,28-31,42H,8-9,12-13,18-19H2,1-5H3,(H,38,40)(H,39,41)(H,43,50)(H,48,49);1-6H,(H,11,12,13)(H,14,15,16)/t28-,29-,30?,31?;/m0./s1. The van der Waals surface area contributed by atoms with E-state index in [1.54, 1.807) is 22.2 Å². The average molecular weight is 989 g/mol. The number of aromatic amines is 2. The maximum atomic E-state index is 13.4. The summed E-state index contributed by atoms with van der Waals surface area (Å²) in [6.07, 6.45) is 12.6. The number of aromatic nitrogens is 4. The molecule has 2 fully saturated rings. The molecule has 2 aliphatic heterocycles. The first-order valence-electron chi connectivity index (χ1n) is 22.1. The van der Waals surface area contributed by atoms with Crippen LogP contribution < -0.4 is 10.6 Å². The number of amides is 4. The van der Waals surface area contributed by atoms with Crippen molar-refractivity contribution in [2.45, 2.75) is 87.3 Å². The molecular formula is C47H56N8O12S2. The maximum Gasteiger partial charge on any atom is 0.407 e. The van der Waals surface area contributed by atoms with E-state index in [4.69, 9.17) is 13.8 Å². The molecule has 7 N–H and O–H groups in total. The summed E-state index contributed by atoms with van der Waals surface area (Å²) in [7, 11) is -7.65. The molecule has 0 saturated carbocycles. The zero-order valence-corrected chi connectivity index (χ0v) is 40.2. The first-order chi connectivity index (χ1) is 32.7. The van der Waals surface area contributed by atoms with Gasteiger partial charge < -0.3 is 40.2 Å². The summed E-state index contributed by atoms with van der Waals surface area (Å²) < 4.78 is 67.4. The largest absolute Gasteiger partial charge is 0.465 e. The van der Waals surface area contributed by atoms with Gasteiger partial charge in [-0.15, -0.1) is 0 Å². The smallest absolute Gasteiger partial charge is 0.407 e. The SMILES string of the molecule is COC(=O)NC(C(=O)N1CCC[C@H]1c1ncc(C=CC=Cc2ccc(-c3cnc([C@@H]4CCCN4C(=O)C(NC(=O)O)C(C)C)[nH]3)cc2)[nH]1)C(C)C.O=S(=O)(O)c1cccc2c(S(=O)(=O)O)cccc12. The first kappa shape index (κ1) is 51.5. The summed E-state index contributed by atoms with van der Waals surface area (Å²) in [4.78, 5) is 68.4. The highest BCUT2D eigenvalue weighted by Crippen LogP contribution is 2.34. The molecule has 4 atom stereocenters. The number of likely N-dealkylation sites (tertiary alicyclic amines) is 2. The second kappa shape index (κ2) is 22.0. The monoisotopic (exact) mass is 988 g/mol. The molecule has 69 heavy (non-hydrogen) atoms. The van der Waals surface area contributed by atoms with Crippen LogP contribution in [0, 0.1) is 11.8 Å². The van der Waals surface area contributed by atoms with E-state index in [1.807, 2.05) is 76.3 Å². The first-order valence-corrected chi connectivity index (χ1v) is 25.0. The summed E-state index contributed by atoms with van der Waals surface area (Å²) in [5.41, 5.74) is 3.61. The van der Waals surface area contributed by atoms with Crippen molar-refractivity contribution >= 4 is 67.2 Å². The fourth-order valence-electron chi connectivity index (χ4n) is 8.39. The van der Waals surface area contributed by atoms with Crippen molar-refractivity contribution in [3.63, 3.8) is 0 Å². The van der Waals surface area contributed by atoms with Crippen molar-refractivity contribution in [2.24, 2.45) is 11.8 Å². The van der Waals surface area contributed by atoms with Crippen LogP contribution in [-0.2, 0) is 34.6 Å². The van der Waals surface area contributed by atoms with Crippen molar-refractivity contribution in [1.82, 2.24) is 40.4 Å². The normalized spacial score (nSPS) is 17.3. The topological polar surface area (TPSA) is 294 Å². The quantitative estimate of drug-likeness (QED) is 0.0442. The molecule has 22 heteroatoms. The number of rotatable bonds is 14. The number of allylic oxidation sites excluding steroid dienone is 2. The van der Waals surface area contributed by atoms with Crippen LogP contribution in [0.25, 0.3) is 34.2 Å². The van der Waals surface area contributed by atoms with Crippen molar-refractivity contribution in [3.05, 3.63) is 108 Å². The van der Waals surface area contributed by atoms with Crippen LogP contribution in [0.15, 0.2) is 95.0 Å². The summed E-state index contributed by atoms with van der Waals surface area (Å²) in [5, 5.41) is 14.3. The maximum absolute atomic E-state index is 13.4. The van der Waals surface area contributed by atoms with Crippen LogP contribution in [-0.4, -0.2) is 117 Å². The van der Waals surface area contributed by atoms with Gasteiger partial charge in [-0.2, -0.15) is 16.8 Å². The molecule has 4 amide bonds. The number of benzene rings is 3. The molecule has 0 bridgehead atoms. The lowest BCUT2D eigenvalue weighted by atomic mass is 10.0. The van der Waals surface area contributed by atoms with Gasteiger partial charge in [0.2, 0.25) is 11.8 Å². The third-order valence-electron chi connectivity index (χ3n) is 11.8. The van der Waals surface area contributed by atoms with E-state index in [-0.39, 0.29) is 46.5 Å². The predicted molar refractivity (Wildman–Crippen MR) is 256 cm³/mol. The van der Waals surface area contributed by atoms with Crippen LogP contribution in [0.3, 0.4) is 0 Å². The second-order valence-electron chi connectivity index (χ2n) is 17.2. The number of imidazole rings is 2. The number of H-pyrrole nitrogens is 2. The van der Waals surface area contributed by atoms with Crippen LogP contribution in [0.1, 0.15) is 88.4 Å². The molecular weight excluding hydrogens is 933 g/mol. The molecule has 0 radical (unpaired) electrons. The van der Waals surface area contributed by atoms with Crippen LogP contribution in [0.2, 0.25) is 0 Å². The Hall–Kier alpha value is -6.88. The number of hydrogen-bond donors (Lipinski definition) is 7. The van der Waals surface area contributed by atoms with E-state index in [2.05, 4.69) is 30.6 Å². The predicted octanol–water partition coefficient (Wildman–Crippen LogP) is 6.86. The lowest BCUT2D eigenvalue weighted by molar-refractivity contribution is -0.136. The van der Waals surface area contributed by atoms with Crippen molar-refractivity contribution in [1.29, 1.82) is 0 Å². The highest BCUT2D eigenvalue weighted by atomic mass is 32.2. The Balaban J connectivity index is 0.000000362. The number of nitrogens with one attached hydrogen (secondary N) is 4. The van der Waals surface area contributed by atoms with Gasteiger partial charge in [-0.3, -0.25) is 18.7 Å². The molecule has 4 heterocycles. The highest BCUT2D eigenvalue weighted by Gasteiger charge is 2.39. The molecule has 5 aromatic rings. The Morgan fingerprint density at radius 3 is 1.70 bits per heavy atom. The van der Waals surface area contributed by atoms with Gasteiger partial charge in [-0.1, -0.05) is 94.5 Å². The molecule has 20 nitrogen and oxygen atoms in total. The van der Waals surface area contributed by atoms with E-state index < -0.39 is 54.3 Å². The molecule has 368 valence electrons. The molecule has 2 saturated heterocycles. The number of carbonyl (C=O) groups excluding carboxylic acids is 3. The Morgan fingerprint density at radius 2 is 1.20 bits per heavy atom. The Morgan fingerprint density at radius 1 is 0.710 bits per heavy atom. The van der Waals surface area contributed by atoms with Gasteiger partial charge in [-0.25, -0.2) is 19.6 Å². The number of alkyl carbamates (subject to hydrolysis) is 1. The van der Waals surface area contributed by atoms with Gasteiger partial charge in [0.25, 0.3) is 20.2 Å². The van der Waals surface area contributed by atoms with Crippen molar-refractivity contribution < 1.29 is 55.0 Å². The number of methoxy groups -OCH3 is 1. The van der Waals surface area contributed by atoms with Gasteiger partial charge in [0.1, 0.15) is 33.5 Å². The van der Waals surface area contributed by atoms with E-state index in [0.717, 1.165) is 60.3 Å². The summed E-state index contributed by atoms with van der Waals surface area (Å²) in [5.74, 6) is 0.739.